The Morgan fingerprint density at radius 2 is 1.68 bits per heavy atom. The molecule has 0 bridgehead atoms. The Hall–Kier alpha value is -2.41. The van der Waals surface area contributed by atoms with E-state index in [0.29, 0.717) is 25.1 Å². The number of rotatable bonds is 7. The fraction of sp³-hybridized carbons (Fsp3) is 0.333. The van der Waals surface area contributed by atoms with Gasteiger partial charge in [-0.05, 0) is 30.5 Å². The molecule has 0 spiro atoms. The Morgan fingerprint density at radius 1 is 1.04 bits per heavy atom. The van der Waals surface area contributed by atoms with Crippen LogP contribution in [0.1, 0.15) is 18.4 Å². The normalized spacial score (nSPS) is 19.3. The Balaban J connectivity index is 0.00000280. The number of halogens is 1. The molecule has 2 aromatic carbocycles. The number of nitrogens with two attached hydrogens (primary N) is 1. The van der Waals surface area contributed by atoms with Crippen molar-refractivity contribution in [2.24, 2.45) is 5.73 Å². The minimum atomic E-state index is -0.694. The molecule has 6 nitrogen and oxygen atoms in total. The van der Waals surface area contributed by atoms with Crippen molar-refractivity contribution in [2.75, 3.05) is 11.9 Å². The van der Waals surface area contributed by atoms with E-state index < -0.39 is 12.1 Å². The molecule has 1 saturated heterocycles. The number of carbonyl (C=O) groups excluding carboxylic acids is 2. The molecule has 28 heavy (non-hydrogen) atoms. The maximum absolute atomic E-state index is 12.8. The van der Waals surface area contributed by atoms with Crippen LogP contribution in [-0.2, 0) is 20.7 Å². The lowest BCUT2D eigenvalue weighted by Crippen LogP contribution is -2.48. The van der Waals surface area contributed by atoms with Gasteiger partial charge in [0.15, 0.2) is 0 Å². The molecule has 1 aliphatic heterocycles. The summed E-state index contributed by atoms with van der Waals surface area (Å²) in [7, 11) is 0. The minimum Gasteiger partial charge on any atom is -0.364 e. The van der Waals surface area contributed by atoms with Gasteiger partial charge in [-0.2, -0.15) is 0 Å². The number of anilines is 1. The fourth-order valence-electron chi connectivity index (χ4n) is 3.15. The predicted molar refractivity (Wildman–Crippen MR) is 111 cm³/mol. The predicted octanol–water partition coefficient (Wildman–Crippen LogP) is 2.28. The number of nitrogens with one attached hydrogen (secondary N) is 2. The van der Waals surface area contributed by atoms with Gasteiger partial charge in [0.25, 0.3) is 0 Å². The average Bonchev–Trinajstić information content (AvgIpc) is 3.18. The van der Waals surface area contributed by atoms with Crippen LogP contribution in [0.2, 0.25) is 0 Å². The summed E-state index contributed by atoms with van der Waals surface area (Å²) in [5, 5.41) is 5.72. The number of benzene rings is 2. The standard InChI is InChI=1S/C21H25N3O3.ClH/c22-14-17-11-12-19(27-17)21(26)24-18(13-15-7-3-1-4-8-15)20(25)23-16-9-5-2-6-10-16;/h1-10,17-19H,11-14,22H2,(H,23,25)(H,24,26);1H/t17-,18?,19+;/m1./s1. The summed E-state index contributed by atoms with van der Waals surface area (Å²) in [5.41, 5.74) is 7.27. The molecule has 0 radical (unpaired) electrons. The van der Waals surface area contributed by atoms with Gasteiger partial charge >= 0.3 is 0 Å². The molecule has 1 aliphatic rings. The van der Waals surface area contributed by atoms with Gasteiger partial charge in [0.05, 0.1) is 6.10 Å². The maximum Gasteiger partial charge on any atom is 0.249 e. The summed E-state index contributed by atoms with van der Waals surface area (Å²) >= 11 is 0. The van der Waals surface area contributed by atoms with E-state index in [1.165, 1.54) is 0 Å². The molecule has 1 heterocycles. The minimum absolute atomic E-state index is 0. The van der Waals surface area contributed by atoms with Gasteiger partial charge in [0.2, 0.25) is 11.8 Å². The highest BCUT2D eigenvalue weighted by Crippen LogP contribution is 2.19. The van der Waals surface area contributed by atoms with Gasteiger partial charge in [-0.3, -0.25) is 9.59 Å². The van der Waals surface area contributed by atoms with Gasteiger partial charge in [0, 0.05) is 18.7 Å². The summed E-state index contributed by atoms with van der Waals surface area (Å²) in [5.74, 6) is -0.526. The van der Waals surface area contributed by atoms with Crippen molar-refractivity contribution in [3.05, 3.63) is 66.2 Å². The van der Waals surface area contributed by atoms with E-state index in [9.17, 15) is 9.59 Å². The number of ether oxygens (including phenoxy) is 1. The molecule has 0 saturated carbocycles. The zero-order chi connectivity index (χ0) is 19.1. The van der Waals surface area contributed by atoms with E-state index in [2.05, 4.69) is 10.6 Å². The van der Waals surface area contributed by atoms with Crippen LogP contribution in [0.4, 0.5) is 5.69 Å². The van der Waals surface area contributed by atoms with E-state index >= 15 is 0 Å². The summed E-state index contributed by atoms with van der Waals surface area (Å²) < 4.78 is 5.65. The van der Waals surface area contributed by atoms with Crippen LogP contribution in [0.25, 0.3) is 0 Å². The van der Waals surface area contributed by atoms with E-state index in [4.69, 9.17) is 10.5 Å². The second-order valence-corrected chi connectivity index (χ2v) is 6.67. The van der Waals surface area contributed by atoms with Gasteiger partial charge in [-0.1, -0.05) is 48.5 Å². The molecule has 4 N–H and O–H groups in total. The number of amides is 2. The van der Waals surface area contributed by atoms with Crippen molar-refractivity contribution in [2.45, 2.75) is 37.5 Å². The SMILES string of the molecule is Cl.NC[C@H]1CC[C@@H](C(=O)NC(Cc2ccccc2)C(=O)Nc2ccccc2)O1. The zero-order valence-corrected chi connectivity index (χ0v) is 16.4. The first-order valence-electron chi connectivity index (χ1n) is 9.21. The van der Waals surface area contributed by atoms with Gasteiger partial charge in [-0.25, -0.2) is 0 Å². The molecule has 2 amide bonds. The number of para-hydroxylation sites is 1. The Morgan fingerprint density at radius 3 is 2.29 bits per heavy atom. The van der Waals surface area contributed by atoms with Crippen LogP contribution in [0.5, 0.6) is 0 Å². The molecule has 7 heteroatoms. The van der Waals surface area contributed by atoms with E-state index in [1.54, 1.807) is 0 Å². The smallest absolute Gasteiger partial charge is 0.249 e. The number of hydrogen-bond acceptors (Lipinski definition) is 4. The van der Waals surface area contributed by atoms with Crippen molar-refractivity contribution in [1.82, 2.24) is 5.32 Å². The highest BCUT2D eigenvalue weighted by atomic mass is 35.5. The molecule has 3 atom stereocenters. The van der Waals surface area contributed by atoms with Gasteiger partial charge in [-0.15, -0.1) is 12.4 Å². The topological polar surface area (TPSA) is 93.5 Å². The Labute approximate surface area is 171 Å². The van der Waals surface area contributed by atoms with E-state index in [-0.39, 0.29) is 30.3 Å². The summed E-state index contributed by atoms with van der Waals surface area (Å²) in [6.45, 7) is 0.395. The van der Waals surface area contributed by atoms with Crippen molar-refractivity contribution < 1.29 is 14.3 Å². The first kappa shape index (κ1) is 21.9. The van der Waals surface area contributed by atoms with Crippen molar-refractivity contribution in [3.63, 3.8) is 0 Å². The lowest BCUT2D eigenvalue weighted by molar-refractivity contribution is -0.134. The van der Waals surface area contributed by atoms with Gasteiger partial charge in [0.1, 0.15) is 12.1 Å². The third-order valence-electron chi connectivity index (χ3n) is 4.62. The lowest BCUT2D eigenvalue weighted by Gasteiger charge is -2.21. The molecule has 0 aliphatic carbocycles. The van der Waals surface area contributed by atoms with Crippen molar-refractivity contribution in [1.29, 1.82) is 0 Å². The highest BCUT2D eigenvalue weighted by Gasteiger charge is 2.32. The average molecular weight is 404 g/mol. The van der Waals surface area contributed by atoms with Crippen molar-refractivity contribution >= 4 is 29.9 Å². The monoisotopic (exact) mass is 403 g/mol. The van der Waals surface area contributed by atoms with Gasteiger partial charge < -0.3 is 21.1 Å². The van der Waals surface area contributed by atoms with Crippen molar-refractivity contribution in [3.8, 4) is 0 Å². The van der Waals surface area contributed by atoms with Crippen LogP contribution in [0.15, 0.2) is 60.7 Å². The highest BCUT2D eigenvalue weighted by molar-refractivity contribution is 5.97. The second kappa shape index (κ2) is 10.8. The molecule has 150 valence electrons. The zero-order valence-electron chi connectivity index (χ0n) is 15.5. The molecule has 3 rings (SSSR count). The number of carbonyl (C=O) groups is 2. The third-order valence-corrected chi connectivity index (χ3v) is 4.62. The molecule has 2 aromatic rings. The maximum atomic E-state index is 12.8. The summed E-state index contributed by atoms with van der Waals surface area (Å²) in [4.78, 5) is 25.4. The fourth-order valence-corrected chi connectivity index (χ4v) is 3.15. The second-order valence-electron chi connectivity index (χ2n) is 6.67. The van der Waals surface area contributed by atoms with Crippen LogP contribution in [0, 0.1) is 0 Å². The first-order chi connectivity index (χ1) is 13.2. The van der Waals surface area contributed by atoms with E-state index in [1.807, 2.05) is 60.7 Å². The Kier molecular flexibility index (Phi) is 8.44. The molecule has 0 aromatic heterocycles. The quantitative estimate of drug-likeness (QED) is 0.661. The molecule has 1 fully saturated rings. The van der Waals surface area contributed by atoms with Crippen LogP contribution in [-0.4, -0.2) is 36.6 Å². The first-order valence-corrected chi connectivity index (χ1v) is 9.21. The molecular weight excluding hydrogens is 378 g/mol. The molecule has 1 unspecified atom stereocenters. The Bertz CT molecular complexity index is 758. The lowest BCUT2D eigenvalue weighted by atomic mass is 10.0. The molecular formula is C21H26ClN3O3. The van der Waals surface area contributed by atoms with Crippen LogP contribution >= 0.6 is 12.4 Å². The largest absolute Gasteiger partial charge is 0.364 e. The third kappa shape index (κ3) is 6.05. The summed E-state index contributed by atoms with van der Waals surface area (Å²) in [6, 6.07) is 18.1. The van der Waals surface area contributed by atoms with E-state index in [0.717, 1.165) is 12.0 Å². The van der Waals surface area contributed by atoms with Crippen LogP contribution < -0.4 is 16.4 Å². The summed E-state index contributed by atoms with van der Waals surface area (Å²) in [6.07, 6.45) is 1.13. The number of hydrogen-bond donors (Lipinski definition) is 3. The van der Waals surface area contributed by atoms with Crippen LogP contribution in [0.3, 0.4) is 0 Å².